The third-order valence-electron chi connectivity index (χ3n) is 4.67. The Morgan fingerprint density at radius 2 is 1.75 bits per heavy atom. The molecule has 28 heavy (non-hydrogen) atoms. The van der Waals surface area contributed by atoms with Gasteiger partial charge in [-0.05, 0) is 58.6 Å². The Kier molecular flexibility index (Phi) is 7.12. The zero-order valence-electron chi connectivity index (χ0n) is 16.5. The number of rotatable bonds is 8. The summed E-state index contributed by atoms with van der Waals surface area (Å²) in [4.78, 5) is 0. The molecule has 0 saturated heterocycles. The van der Waals surface area contributed by atoms with Crippen LogP contribution in [0.3, 0.4) is 0 Å². The van der Waals surface area contributed by atoms with Gasteiger partial charge in [0.1, 0.15) is 6.61 Å². The second-order valence-electron chi connectivity index (χ2n) is 6.90. The molecule has 4 heteroatoms. The molecule has 0 aliphatic rings. The summed E-state index contributed by atoms with van der Waals surface area (Å²) in [5, 5.41) is 3.56. The molecule has 0 bridgehead atoms. The molecule has 0 amide bonds. The van der Waals surface area contributed by atoms with Gasteiger partial charge in [-0.15, -0.1) is 0 Å². The zero-order chi connectivity index (χ0) is 19.9. The standard InChI is InChI=1S/C24H26BrNO2/c1-17-8-7-9-19(12-17)16-28-24-22(25)13-20(14-23(24)27-3)15-26-18(2)21-10-5-4-6-11-21/h4-14,18,26H,15-16H2,1-3H3/t18-/m1/s1. The fraction of sp³-hybridized carbons (Fsp3) is 0.250. The molecule has 0 fully saturated rings. The summed E-state index contributed by atoms with van der Waals surface area (Å²) in [5.74, 6) is 1.45. The lowest BCUT2D eigenvalue weighted by Gasteiger charge is -2.17. The second-order valence-corrected chi connectivity index (χ2v) is 7.75. The average molecular weight is 440 g/mol. The number of ether oxygens (including phenoxy) is 2. The normalized spacial score (nSPS) is 11.9. The van der Waals surface area contributed by atoms with E-state index in [9.17, 15) is 0 Å². The molecule has 0 aliphatic carbocycles. The fourth-order valence-corrected chi connectivity index (χ4v) is 3.71. The van der Waals surface area contributed by atoms with E-state index in [1.54, 1.807) is 7.11 Å². The average Bonchev–Trinajstić information content (AvgIpc) is 2.71. The van der Waals surface area contributed by atoms with E-state index in [2.05, 4.69) is 83.6 Å². The quantitative estimate of drug-likeness (QED) is 0.453. The summed E-state index contributed by atoms with van der Waals surface area (Å²) in [7, 11) is 1.67. The van der Waals surface area contributed by atoms with Crippen molar-refractivity contribution in [1.29, 1.82) is 0 Å². The van der Waals surface area contributed by atoms with Crippen molar-refractivity contribution in [3.8, 4) is 11.5 Å². The Hall–Kier alpha value is -2.30. The van der Waals surface area contributed by atoms with Crippen molar-refractivity contribution < 1.29 is 9.47 Å². The first-order chi connectivity index (χ1) is 13.6. The molecular weight excluding hydrogens is 414 g/mol. The highest BCUT2D eigenvalue weighted by Crippen LogP contribution is 2.37. The van der Waals surface area contributed by atoms with Crippen LogP contribution in [-0.2, 0) is 13.2 Å². The molecular formula is C24H26BrNO2. The largest absolute Gasteiger partial charge is 0.493 e. The van der Waals surface area contributed by atoms with Crippen LogP contribution in [0.4, 0.5) is 0 Å². The van der Waals surface area contributed by atoms with Crippen molar-refractivity contribution in [2.45, 2.75) is 33.0 Å². The molecule has 3 rings (SSSR count). The molecule has 0 saturated carbocycles. The topological polar surface area (TPSA) is 30.5 Å². The third-order valence-corrected chi connectivity index (χ3v) is 5.26. The smallest absolute Gasteiger partial charge is 0.175 e. The Morgan fingerprint density at radius 3 is 2.46 bits per heavy atom. The van der Waals surface area contributed by atoms with E-state index < -0.39 is 0 Å². The number of benzene rings is 3. The van der Waals surface area contributed by atoms with E-state index in [1.807, 2.05) is 18.2 Å². The first-order valence-corrected chi connectivity index (χ1v) is 10.2. The maximum absolute atomic E-state index is 6.06. The molecule has 0 heterocycles. The minimum Gasteiger partial charge on any atom is -0.493 e. The van der Waals surface area contributed by atoms with Crippen LogP contribution < -0.4 is 14.8 Å². The van der Waals surface area contributed by atoms with E-state index in [0.717, 1.165) is 33.6 Å². The summed E-state index contributed by atoms with van der Waals surface area (Å²) < 4.78 is 12.5. The van der Waals surface area contributed by atoms with Crippen LogP contribution in [0, 0.1) is 6.92 Å². The van der Waals surface area contributed by atoms with Crippen molar-refractivity contribution in [3.05, 3.63) is 93.5 Å². The molecule has 146 valence electrons. The lowest BCUT2D eigenvalue weighted by Crippen LogP contribution is -2.18. The summed E-state index contributed by atoms with van der Waals surface area (Å²) in [5.41, 5.74) is 4.76. The van der Waals surface area contributed by atoms with Crippen LogP contribution in [0.5, 0.6) is 11.5 Å². The maximum atomic E-state index is 6.06. The van der Waals surface area contributed by atoms with Gasteiger partial charge in [-0.25, -0.2) is 0 Å². The number of nitrogens with one attached hydrogen (secondary N) is 1. The van der Waals surface area contributed by atoms with Crippen LogP contribution in [0.15, 0.2) is 71.2 Å². The van der Waals surface area contributed by atoms with Gasteiger partial charge in [-0.2, -0.15) is 0 Å². The Bertz CT molecular complexity index is 912. The molecule has 3 nitrogen and oxygen atoms in total. The van der Waals surface area contributed by atoms with Gasteiger partial charge in [0.15, 0.2) is 11.5 Å². The minimum atomic E-state index is 0.267. The lowest BCUT2D eigenvalue weighted by atomic mass is 10.1. The van der Waals surface area contributed by atoms with Crippen LogP contribution in [-0.4, -0.2) is 7.11 Å². The molecule has 3 aromatic carbocycles. The molecule has 1 N–H and O–H groups in total. The summed E-state index contributed by atoms with van der Waals surface area (Å²) in [6.45, 7) is 5.49. The fourth-order valence-electron chi connectivity index (χ4n) is 3.10. The maximum Gasteiger partial charge on any atom is 0.175 e. The second kappa shape index (κ2) is 9.76. The van der Waals surface area contributed by atoms with E-state index >= 15 is 0 Å². The molecule has 1 atom stereocenters. The summed E-state index contributed by atoms with van der Waals surface area (Å²) in [6.07, 6.45) is 0. The van der Waals surface area contributed by atoms with Gasteiger partial charge in [0.25, 0.3) is 0 Å². The van der Waals surface area contributed by atoms with Crippen molar-refractivity contribution in [2.24, 2.45) is 0 Å². The molecule has 0 spiro atoms. The highest BCUT2D eigenvalue weighted by molar-refractivity contribution is 9.10. The van der Waals surface area contributed by atoms with E-state index in [1.165, 1.54) is 11.1 Å². The Morgan fingerprint density at radius 1 is 0.964 bits per heavy atom. The summed E-state index contributed by atoms with van der Waals surface area (Å²) >= 11 is 3.65. The number of hydrogen-bond acceptors (Lipinski definition) is 3. The number of hydrogen-bond donors (Lipinski definition) is 1. The van der Waals surface area contributed by atoms with Gasteiger partial charge in [-0.1, -0.05) is 60.2 Å². The molecule has 0 unspecified atom stereocenters. The Labute approximate surface area is 175 Å². The number of halogens is 1. The molecule has 0 radical (unpaired) electrons. The highest BCUT2D eigenvalue weighted by Gasteiger charge is 2.13. The van der Waals surface area contributed by atoms with Crippen molar-refractivity contribution in [3.63, 3.8) is 0 Å². The lowest BCUT2D eigenvalue weighted by molar-refractivity contribution is 0.282. The van der Waals surface area contributed by atoms with Gasteiger partial charge in [0.2, 0.25) is 0 Å². The van der Waals surface area contributed by atoms with Gasteiger partial charge < -0.3 is 14.8 Å². The predicted octanol–water partition coefficient (Wildman–Crippen LogP) is 6.20. The van der Waals surface area contributed by atoms with E-state index in [4.69, 9.17) is 9.47 Å². The van der Waals surface area contributed by atoms with Crippen molar-refractivity contribution in [1.82, 2.24) is 5.32 Å². The SMILES string of the molecule is COc1cc(CN[C@H](C)c2ccccc2)cc(Br)c1OCc1cccc(C)c1. The number of methoxy groups -OCH3 is 1. The van der Waals surface area contributed by atoms with Gasteiger partial charge >= 0.3 is 0 Å². The summed E-state index contributed by atoms with van der Waals surface area (Å²) in [6, 6.07) is 23.1. The van der Waals surface area contributed by atoms with Crippen LogP contribution in [0.25, 0.3) is 0 Å². The molecule has 0 aliphatic heterocycles. The monoisotopic (exact) mass is 439 g/mol. The van der Waals surface area contributed by atoms with Crippen molar-refractivity contribution >= 4 is 15.9 Å². The predicted molar refractivity (Wildman–Crippen MR) is 118 cm³/mol. The minimum absolute atomic E-state index is 0.267. The van der Waals surface area contributed by atoms with E-state index in [0.29, 0.717) is 6.61 Å². The van der Waals surface area contributed by atoms with Crippen LogP contribution >= 0.6 is 15.9 Å². The van der Waals surface area contributed by atoms with Gasteiger partial charge in [0, 0.05) is 12.6 Å². The zero-order valence-corrected chi connectivity index (χ0v) is 18.1. The van der Waals surface area contributed by atoms with E-state index in [-0.39, 0.29) is 6.04 Å². The van der Waals surface area contributed by atoms with Gasteiger partial charge in [-0.3, -0.25) is 0 Å². The third kappa shape index (κ3) is 5.37. The van der Waals surface area contributed by atoms with Crippen molar-refractivity contribution in [2.75, 3.05) is 7.11 Å². The highest BCUT2D eigenvalue weighted by atomic mass is 79.9. The molecule has 0 aromatic heterocycles. The molecule has 3 aromatic rings. The van der Waals surface area contributed by atoms with Gasteiger partial charge in [0.05, 0.1) is 11.6 Å². The first-order valence-electron chi connectivity index (χ1n) is 9.40. The Balaban J connectivity index is 1.68. The van der Waals surface area contributed by atoms with Crippen LogP contribution in [0.2, 0.25) is 0 Å². The van der Waals surface area contributed by atoms with Crippen LogP contribution in [0.1, 0.15) is 35.2 Å². The first kappa shape index (κ1) is 20.4. The number of aryl methyl sites for hydroxylation is 1.